The smallest absolute Gasteiger partial charge is 0.118 e. The fraction of sp³-hybridized carbons (Fsp3) is 0.455. The van der Waals surface area contributed by atoms with Gasteiger partial charge in [-0.05, 0) is 24.1 Å². The molecule has 0 aliphatic carbocycles. The molecule has 1 rings (SSSR count). The van der Waals surface area contributed by atoms with Crippen LogP contribution in [-0.2, 0) is 0 Å². The van der Waals surface area contributed by atoms with Crippen LogP contribution in [0.25, 0.3) is 0 Å². The van der Waals surface area contributed by atoms with E-state index in [4.69, 9.17) is 15.6 Å². The average molecular weight is 211 g/mol. The van der Waals surface area contributed by atoms with Gasteiger partial charge in [0.05, 0.1) is 19.8 Å². The van der Waals surface area contributed by atoms with E-state index in [9.17, 15) is 5.11 Å². The van der Waals surface area contributed by atoms with Gasteiger partial charge in [-0.15, -0.1) is 0 Å². The van der Waals surface area contributed by atoms with E-state index in [2.05, 4.69) is 0 Å². The van der Waals surface area contributed by atoms with Gasteiger partial charge in [0.15, 0.2) is 0 Å². The van der Waals surface area contributed by atoms with Gasteiger partial charge in [-0.1, -0.05) is 12.1 Å². The quantitative estimate of drug-likeness (QED) is 0.660. The number of hydrogen-bond donors (Lipinski definition) is 3. The predicted molar refractivity (Wildman–Crippen MR) is 57.6 cm³/mol. The van der Waals surface area contributed by atoms with Crippen molar-refractivity contribution in [2.75, 3.05) is 13.7 Å². The second kappa shape index (κ2) is 5.70. The molecule has 4 nitrogen and oxygen atoms in total. The third kappa shape index (κ3) is 3.51. The van der Waals surface area contributed by atoms with Crippen molar-refractivity contribution >= 4 is 0 Å². The number of benzene rings is 1. The Kier molecular flexibility index (Phi) is 4.55. The van der Waals surface area contributed by atoms with E-state index in [-0.39, 0.29) is 12.6 Å². The highest BCUT2D eigenvalue weighted by Crippen LogP contribution is 2.20. The molecule has 1 aromatic carbocycles. The Morgan fingerprint density at radius 1 is 1.33 bits per heavy atom. The van der Waals surface area contributed by atoms with Crippen molar-refractivity contribution in [2.45, 2.75) is 18.6 Å². The molecule has 4 N–H and O–H groups in total. The van der Waals surface area contributed by atoms with Gasteiger partial charge in [-0.3, -0.25) is 0 Å². The fourth-order valence-electron chi connectivity index (χ4n) is 1.32. The molecule has 15 heavy (non-hydrogen) atoms. The van der Waals surface area contributed by atoms with Crippen LogP contribution >= 0.6 is 0 Å². The summed E-state index contributed by atoms with van der Waals surface area (Å²) in [5.41, 5.74) is 6.31. The van der Waals surface area contributed by atoms with Gasteiger partial charge >= 0.3 is 0 Å². The second-order valence-corrected chi connectivity index (χ2v) is 3.47. The zero-order chi connectivity index (χ0) is 11.3. The van der Waals surface area contributed by atoms with E-state index in [0.29, 0.717) is 6.42 Å². The van der Waals surface area contributed by atoms with Crippen LogP contribution in [-0.4, -0.2) is 30.0 Å². The standard InChI is InChI=1S/C11H17NO3/c1-15-10-4-2-8(3-5-10)11(14)6-9(12)7-13/h2-5,9,11,13-14H,6-7,12H2,1H3/t9-,11-/m0/s1. The molecule has 0 bridgehead atoms. The fourth-order valence-corrected chi connectivity index (χ4v) is 1.32. The molecule has 0 spiro atoms. The van der Waals surface area contributed by atoms with Gasteiger partial charge in [0, 0.05) is 6.04 Å². The van der Waals surface area contributed by atoms with E-state index < -0.39 is 6.10 Å². The minimum atomic E-state index is -0.641. The van der Waals surface area contributed by atoms with Gasteiger partial charge in [0.2, 0.25) is 0 Å². The van der Waals surface area contributed by atoms with Crippen LogP contribution in [0.3, 0.4) is 0 Å². The van der Waals surface area contributed by atoms with Crippen molar-refractivity contribution in [3.8, 4) is 5.75 Å². The summed E-state index contributed by atoms with van der Waals surface area (Å²) in [6.45, 7) is -0.118. The van der Waals surface area contributed by atoms with Crippen LogP contribution in [0.5, 0.6) is 5.75 Å². The lowest BCUT2D eigenvalue weighted by molar-refractivity contribution is 0.140. The van der Waals surface area contributed by atoms with Gasteiger partial charge in [0.25, 0.3) is 0 Å². The van der Waals surface area contributed by atoms with Crippen molar-refractivity contribution in [3.05, 3.63) is 29.8 Å². The summed E-state index contributed by atoms with van der Waals surface area (Å²) >= 11 is 0. The molecular formula is C11H17NO3. The predicted octanol–water partition coefficient (Wildman–Crippen LogP) is 0.438. The average Bonchev–Trinajstić information content (AvgIpc) is 2.29. The number of aliphatic hydroxyl groups excluding tert-OH is 2. The SMILES string of the molecule is COc1ccc([C@@H](O)C[C@H](N)CO)cc1. The Hall–Kier alpha value is -1.10. The molecule has 0 amide bonds. The highest BCUT2D eigenvalue weighted by molar-refractivity contribution is 5.28. The highest BCUT2D eigenvalue weighted by atomic mass is 16.5. The molecule has 0 heterocycles. The molecule has 0 saturated heterocycles. The van der Waals surface area contributed by atoms with Crippen LogP contribution in [0.4, 0.5) is 0 Å². The van der Waals surface area contributed by atoms with Crippen LogP contribution in [0.2, 0.25) is 0 Å². The molecule has 0 unspecified atom stereocenters. The molecule has 84 valence electrons. The van der Waals surface area contributed by atoms with Crippen molar-refractivity contribution < 1.29 is 14.9 Å². The summed E-state index contributed by atoms with van der Waals surface area (Å²) in [6.07, 6.45) is -0.291. The Bertz CT molecular complexity index is 286. The molecule has 0 saturated carbocycles. The zero-order valence-corrected chi connectivity index (χ0v) is 8.76. The minimum absolute atomic E-state index is 0.118. The first-order valence-electron chi connectivity index (χ1n) is 4.85. The molecule has 0 radical (unpaired) electrons. The van der Waals surface area contributed by atoms with Crippen LogP contribution in [0.15, 0.2) is 24.3 Å². The van der Waals surface area contributed by atoms with E-state index in [1.807, 2.05) is 0 Å². The molecule has 4 heteroatoms. The Labute approximate surface area is 89.3 Å². The lowest BCUT2D eigenvalue weighted by atomic mass is 10.0. The first-order chi connectivity index (χ1) is 7.17. The summed E-state index contributed by atoms with van der Waals surface area (Å²) in [5, 5.41) is 18.5. The number of methoxy groups -OCH3 is 1. The van der Waals surface area contributed by atoms with Gasteiger partial charge in [-0.25, -0.2) is 0 Å². The van der Waals surface area contributed by atoms with Gasteiger partial charge in [0.1, 0.15) is 5.75 Å². The van der Waals surface area contributed by atoms with E-state index in [1.54, 1.807) is 31.4 Å². The zero-order valence-electron chi connectivity index (χ0n) is 8.76. The van der Waals surface area contributed by atoms with Crippen LogP contribution in [0.1, 0.15) is 18.1 Å². The van der Waals surface area contributed by atoms with E-state index >= 15 is 0 Å². The number of ether oxygens (including phenoxy) is 1. The summed E-state index contributed by atoms with van der Waals surface area (Å²) in [5.74, 6) is 0.748. The topological polar surface area (TPSA) is 75.7 Å². The van der Waals surface area contributed by atoms with Gasteiger partial charge in [-0.2, -0.15) is 0 Å². The maximum Gasteiger partial charge on any atom is 0.118 e. The number of hydrogen-bond acceptors (Lipinski definition) is 4. The Morgan fingerprint density at radius 2 is 1.93 bits per heavy atom. The van der Waals surface area contributed by atoms with Crippen molar-refractivity contribution in [2.24, 2.45) is 5.73 Å². The lowest BCUT2D eigenvalue weighted by Gasteiger charge is -2.15. The maximum atomic E-state index is 9.75. The lowest BCUT2D eigenvalue weighted by Crippen LogP contribution is -2.26. The van der Waals surface area contributed by atoms with Crippen molar-refractivity contribution in [3.63, 3.8) is 0 Å². The summed E-state index contributed by atoms with van der Waals surface area (Å²) in [7, 11) is 1.59. The first kappa shape index (κ1) is 12.0. The van der Waals surface area contributed by atoms with E-state index in [1.165, 1.54) is 0 Å². The van der Waals surface area contributed by atoms with Crippen LogP contribution in [0, 0.1) is 0 Å². The molecule has 0 aromatic heterocycles. The van der Waals surface area contributed by atoms with Crippen molar-refractivity contribution in [1.82, 2.24) is 0 Å². The molecule has 1 aromatic rings. The molecule has 0 aliphatic heterocycles. The first-order valence-corrected chi connectivity index (χ1v) is 4.85. The number of nitrogens with two attached hydrogens (primary N) is 1. The molecule has 0 fully saturated rings. The Morgan fingerprint density at radius 3 is 2.40 bits per heavy atom. The third-order valence-corrected chi connectivity index (χ3v) is 2.26. The van der Waals surface area contributed by atoms with Crippen molar-refractivity contribution in [1.29, 1.82) is 0 Å². The summed E-state index contributed by atoms with van der Waals surface area (Å²) in [4.78, 5) is 0. The molecule has 0 aliphatic rings. The number of aliphatic hydroxyl groups is 2. The largest absolute Gasteiger partial charge is 0.497 e. The monoisotopic (exact) mass is 211 g/mol. The Balaban J connectivity index is 2.61. The van der Waals surface area contributed by atoms with Crippen LogP contribution < -0.4 is 10.5 Å². The third-order valence-electron chi connectivity index (χ3n) is 2.26. The van der Waals surface area contributed by atoms with E-state index in [0.717, 1.165) is 11.3 Å². The summed E-state index contributed by atoms with van der Waals surface area (Å²) < 4.78 is 5.00. The highest BCUT2D eigenvalue weighted by Gasteiger charge is 2.11. The number of rotatable bonds is 5. The second-order valence-electron chi connectivity index (χ2n) is 3.47. The molecule has 2 atom stereocenters. The molecular weight excluding hydrogens is 194 g/mol. The van der Waals surface area contributed by atoms with Gasteiger partial charge < -0.3 is 20.7 Å². The summed E-state index contributed by atoms with van der Waals surface area (Å²) in [6, 6.07) is 6.75. The maximum absolute atomic E-state index is 9.75. The normalized spacial score (nSPS) is 14.7. The minimum Gasteiger partial charge on any atom is -0.497 e.